The van der Waals surface area contributed by atoms with Crippen LogP contribution in [0.15, 0.2) is 42.0 Å². The van der Waals surface area contributed by atoms with E-state index in [4.69, 9.17) is 0 Å². The number of rotatable bonds is 6. The van der Waals surface area contributed by atoms with Gasteiger partial charge in [-0.3, -0.25) is 4.79 Å². The minimum atomic E-state index is -0.242. The topological polar surface area (TPSA) is 49.3 Å². The molecule has 1 aliphatic carbocycles. The Morgan fingerprint density at radius 3 is 2.76 bits per heavy atom. The zero-order valence-electron chi connectivity index (χ0n) is 12.7. The van der Waals surface area contributed by atoms with E-state index >= 15 is 0 Å². The van der Waals surface area contributed by atoms with Crippen LogP contribution in [-0.4, -0.2) is 23.7 Å². The second kappa shape index (κ2) is 7.99. The molecule has 0 bridgehead atoms. The molecule has 1 saturated carbocycles. The van der Waals surface area contributed by atoms with Gasteiger partial charge in [-0.2, -0.15) is 0 Å². The average Bonchev–Trinajstić information content (AvgIpc) is 2.89. The maximum atomic E-state index is 11.9. The Morgan fingerprint density at radius 2 is 2.10 bits per heavy atom. The van der Waals surface area contributed by atoms with Gasteiger partial charge in [0.05, 0.1) is 6.10 Å². The predicted octanol–water partition coefficient (Wildman–Crippen LogP) is 2.84. The Labute approximate surface area is 127 Å². The standard InChI is InChI=1S/C18H25NO2/c1-14(10-11-15-6-3-2-4-7-15)12-18(21)19-13-16-8-5-9-17(16)20/h2-4,6-7,12,16-17,20H,5,8-11,13H2,1H3,(H,19,21). The van der Waals surface area contributed by atoms with Gasteiger partial charge in [0.2, 0.25) is 5.91 Å². The minimum absolute atomic E-state index is 0.0420. The third kappa shape index (κ3) is 5.35. The van der Waals surface area contributed by atoms with Crippen LogP contribution in [0.1, 0.15) is 38.2 Å². The van der Waals surface area contributed by atoms with Crippen LogP contribution in [0.4, 0.5) is 0 Å². The van der Waals surface area contributed by atoms with Crippen molar-refractivity contribution >= 4 is 5.91 Å². The van der Waals surface area contributed by atoms with E-state index in [1.54, 1.807) is 6.08 Å². The van der Waals surface area contributed by atoms with Crippen molar-refractivity contribution in [1.29, 1.82) is 0 Å². The van der Waals surface area contributed by atoms with Crippen LogP contribution in [0, 0.1) is 5.92 Å². The number of nitrogens with one attached hydrogen (secondary N) is 1. The molecule has 114 valence electrons. The molecule has 0 radical (unpaired) electrons. The molecule has 0 spiro atoms. The Morgan fingerprint density at radius 1 is 1.33 bits per heavy atom. The number of benzene rings is 1. The molecule has 21 heavy (non-hydrogen) atoms. The zero-order valence-corrected chi connectivity index (χ0v) is 12.7. The second-order valence-corrected chi connectivity index (χ2v) is 5.98. The number of aliphatic hydroxyl groups is 1. The molecule has 1 fully saturated rings. The van der Waals surface area contributed by atoms with Crippen LogP contribution >= 0.6 is 0 Å². The molecule has 0 aromatic heterocycles. The first-order chi connectivity index (χ1) is 10.1. The Bertz CT molecular complexity index is 481. The molecule has 1 aromatic carbocycles. The molecule has 2 N–H and O–H groups in total. The monoisotopic (exact) mass is 287 g/mol. The van der Waals surface area contributed by atoms with Crippen LogP contribution in [0.3, 0.4) is 0 Å². The molecule has 1 aliphatic rings. The number of amides is 1. The minimum Gasteiger partial charge on any atom is -0.393 e. The summed E-state index contributed by atoms with van der Waals surface area (Å²) in [6.07, 6.45) is 6.23. The summed E-state index contributed by atoms with van der Waals surface area (Å²) in [7, 11) is 0. The first-order valence-corrected chi connectivity index (χ1v) is 7.82. The maximum absolute atomic E-state index is 11.9. The summed E-state index contributed by atoms with van der Waals surface area (Å²) >= 11 is 0. The molecule has 2 atom stereocenters. The SMILES string of the molecule is CC(=CC(=O)NCC1CCCC1O)CCc1ccccc1. The largest absolute Gasteiger partial charge is 0.393 e. The van der Waals surface area contributed by atoms with Gasteiger partial charge in [-0.25, -0.2) is 0 Å². The van der Waals surface area contributed by atoms with Gasteiger partial charge in [-0.1, -0.05) is 42.3 Å². The fourth-order valence-electron chi connectivity index (χ4n) is 2.82. The highest BCUT2D eigenvalue weighted by molar-refractivity contribution is 5.88. The summed E-state index contributed by atoms with van der Waals surface area (Å²) in [6, 6.07) is 10.3. The van der Waals surface area contributed by atoms with Gasteiger partial charge in [-0.15, -0.1) is 0 Å². The normalized spacial score (nSPS) is 22.3. The van der Waals surface area contributed by atoms with E-state index in [0.717, 1.165) is 37.7 Å². The highest BCUT2D eigenvalue weighted by Crippen LogP contribution is 2.24. The molecule has 3 heteroatoms. The summed E-state index contributed by atoms with van der Waals surface area (Å²) in [5, 5.41) is 12.6. The molecule has 0 aliphatic heterocycles. The van der Waals surface area contributed by atoms with Crippen molar-refractivity contribution in [3.8, 4) is 0 Å². The summed E-state index contributed by atoms with van der Waals surface area (Å²) in [5.41, 5.74) is 2.38. The van der Waals surface area contributed by atoms with Gasteiger partial charge in [0.1, 0.15) is 0 Å². The highest BCUT2D eigenvalue weighted by atomic mass is 16.3. The fraction of sp³-hybridized carbons (Fsp3) is 0.500. The van der Waals surface area contributed by atoms with Gasteiger partial charge in [-0.05, 0) is 38.2 Å². The maximum Gasteiger partial charge on any atom is 0.243 e. The molecule has 0 heterocycles. The lowest BCUT2D eigenvalue weighted by Crippen LogP contribution is -2.31. The number of hydrogen-bond donors (Lipinski definition) is 2. The van der Waals surface area contributed by atoms with Crippen molar-refractivity contribution in [3.05, 3.63) is 47.5 Å². The van der Waals surface area contributed by atoms with Crippen molar-refractivity contribution in [2.24, 2.45) is 5.92 Å². The number of hydrogen-bond acceptors (Lipinski definition) is 2. The number of carbonyl (C=O) groups is 1. The molecule has 1 aromatic rings. The second-order valence-electron chi connectivity index (χ2n) is 5.98. The molecular formula is C18H25NO2. The van der Waals surface area contributed by atoms with Gasteiger partial charge >= 0.3 is 0 Å². The fourth-order valence-corrected chi connectivity index (χ4v) is 2.82. The van der Waals surface area contributed by atoms with Crippen LogP contribution in [0.25, 0.3) is 0 Å². The van der Waals surface area contributed by atoms with Crippen molar-refractivity contribution < 1.29 is 9.90 Å². The molecular weight excluding hydrogens is 262 g/mol. The van der Waals surface area contributed by atoms with E-state index in [-0.39, 0.29) is 17.9 Å². The summed E-state index contributed by atoms with van der Waals surface area (Å²) in [4.78, 5) is 11.9. The Balaban J connectivity index is 1.72. The quantitative estimate of drug-likeness (QED) is 0.790. The number of carbonyl (C=O) groups excluding carboxylic acids is 1. The van der Waals surface area contributed by atoms with Crippen molar-refractivity contribution in [2.75, 3.05) is 6.54 Å². The van der Waals surface area contributed by atoms with E-state index in [1.165, 1.54) is 5.56 Å². The Kier molecular flexibility index (Phi) is 6.00. The lowest BCUT2D eigenvalue weighted by Gasteiger charge is -2.14. The summed E-state index contributed by atoms with van der Waals surface area (Å²) in [5.74, 6) is 0.187. The first kappa shape index (κ1) is 15.8. The van der Waals surface area contributed by atoms with Crippen molar-refractivity contribution in [1.82, 2.24) is 5.32 Å². The van der Waals surface area contributed by atoms with Crippen molar-refractivity contribution in [3.63, 3.8) is 0 Å². The molecule has 1 amide bonds. The molecule has 3 nitrogen and oxygen atoms in total. The number of aryl methyl sites for hydroxylation is 1. The number of aliphatic hydroxyl groups excluding tert-OH is 1. The van der Waals surface area contributed by atoms with Gasteiger partial charge in [0.25, 0.3) is 0 Å². The van der Waals surface area contributed by atoms with Crippen LogP contribution in [0.2, 0.25) is 0 Å². The van der Waals surface area contributed by atoms with Gasteiger partial charge in [0.15, 0.2) is 0 Å². The van der Waals surface area contributed by atoms with E-state index in [2.05, 4.69) is 17.4 Å². The van der Waals surface area contributed by atoms with Crippen LogP contribution < -0.4 is 5.32 Å². The lowest BCUT2D eigenvalue weighted by atomic mass is 10.0. The van der Waals surface area contributed by atoms with E-state index in [0.29, 0.717) is 6.54 Å². The van der Waals surface area contributed by atoms with Crippen LogP contribution in [0.5, 0.6) is 0 Å². The smallest absolute Gasteiger partial charge is 0.243 e. The average molecular weight is 287 g/mol. The molecule has 2 rings (SSSR count). The number of allylic oxidation sites excluding steroid dienone is 1. The molecule has 0 saturated heterocycles. The van der Waals surface area contributed by atoms with Crippen LogP contribution in [-0.2, 0) is 11.2 Å². The van der Waals surface area contributed by atoms with Gasteiger partial charge < -0.3 is 10.4 Å². The predicted molar refractivity (Wildman–Crippen MR) is 84.9 cm³/mol. The molecule has 2 unspecified atom stereocenters. The lowest BCUT2D eigenvalue weighted by molar-refractivity contribution is -0.116. The Hall–Kier alpha value is -1.61. The van der Waals surface area contributed by atoms with E-state index in [1.807, 2.05) is 25.1 Å². The van der Waals surface area contributed by atoms with Crippen molar-refractivity contribution in [2.45, 2.75) is 45.1 Å². The summed E-state index contributed by atoms with van der Waals surface area (Å²) in [6.45, 7) is 2.58. The third-order valence-electron chi connectivity index (χ3n) is 4.19. The zero-order chi connectivity index (χ0) is 15.1. The highest BCUT2D eigenvalue weighted by Gasteiger charge is 2.24. The van der Waals surface area contributed by atoms with E-state index in [9.17, 15) is 9.90 Å². The van der Waals surface area contributed by atoms with E-state index < -0.39 is 0 Å². The first-order valence-electron chi connectivity index (χ1n) is 7.82. The van der Waals surface area contributed by atoms with Gasteiger partial charge in [0, 0.05) is 18.5 Å². The summed E-state index contributed by atoms with van der Waals surface area (Å²) < 4.78 is 0. The third-order valence-corrected chi connectivity index (χ3v) is 4.19.